The summed E-state index contributed by atoms with van der Waals surface area (Å²) in [6, 6.07) is 7.42. The second kappa shape index (κ2) is 8.64. The van der Waals surface area contributed by atoms with Crippen LogP contribution in [0.5, 0.6) is 5.75 Å². The van der Waals surface area contributed by atoms with Gasteiger partial charge in [-0.3, -0.25) is 4.79 Å². The molecule has 1 aliphatic rings. The molecule has 116 valence electrons. The Bertz CT molecular complexity index is 428. The van der Waals surface area contributed by atoms with Gasteiger partial charge in [0.05, 0.1) is 12.7 Å². The standard InChI is InChI=1S/C16H24N2O3/c17-11-13-5-7-15(8-6-13)21-12-16(19)18-9-10-20-14-3-1-2-4-14/h5-8,14H,1-4,9-12,17H2,(H,18,19). The van der Waals surface area contributed by atoms with Crippen LogP contribution in [0.4, 0.5) is 0 Å². The van der Waals surface area contributed by atoms with Gasteiger partial charge in [-0.05, 0) is 30.5 Å². The van der Waals surface area contributed by atoms with Crippen molar-refractivity contribution in [3.63, 3.8) is 0 Å². The van der Waals surface area contributed by atoms with Gasteiger partial charge in [-0.15, -0.1) is 0 Å². The van der Waals surface area contributed by atoms with Crippen LogP contribution >= 0.6 is 0 Å². The summed E-state index contributed by atoms with van der Waals surface area (Å²) in [4.78, 5) is 11.6. The summed E-state index contributed by atoms with van der Waals surface area (Å²) in [6.45, 7) is 1.62. The van der Waals surface area contributed by atoms with Crippen molar-refractivity contribution in [3.8, 4) is 5.75 Å². The lowest BCUT2D eigenvalue weighted by Crippen LogP contribution is -2.32. The predicted octanol–water partition coefficient (Wildman–Crippen LogP) is 1.60. The predicted molar refractivity (Wildman–Crippen MR) is 81.0 cm³/mol. The van der Waals surface area contributed by atoms with Crippen LogP contribution in [0.3, 0.4) is 0 Å². The fraction of sp³-hybridized carbons (Fsp3) is 0.562. The Kier molecular flexibility index (Phi) is 6.50. The molecule has 0 radical (unpaired) electrons. The van der Waals surface area contributed by atoms with E-state index in [0.717, 1.165) is 18.4 Å². The van der Waals surface area contributed by atoms with Gasteiger partial charge in [0.2, 0.25) is 0 Å². The molecule has 0 spiro atoms. The molecule has 5 heteroatoms. The van der Waals surface area contributed by atoms with Gasteiger partial charge in [-0.1, -0.05) is 25.0 Å². The van der Waals surface area contributed by atoms with Gasteiger partial charge in [0.15, 0.2) is 6.61 Å². The summed E-state index contributed by atoms with van der Waals surface area (Å²) in [5.74, 6) is 0.539. The summed E-state index contributed by atoms with van der Waals surface area (Å²) in [7, 11) is 0. The second-order valence-electron chi connectivity index (χ2n) is 5.26. The number of benzene rings is 1. The number of carbonyl (C=O) groups is 1. The molecule has 0 bridgehead atoms. The normalized spacial score (nSPS) is 15.1. The Balaban J connectivity index is 1.56. The number of ether oxygens (including phenoxy) is 2. The van der Waals surface area contributed by atoms with Crippen LogP contribution in [0.15, 0.2) is 24.3 Å². The van der Waals surface area contributed by atoms with Gasteiger partial charge in [0.25, 0.3) is 5.91 Å². The molecule has 0 saturated heterocycles. The van der Waals surface area contributed by atoms with E-state index >= 15 is 0 Å². The molecule has 1 amide bonds. The highest BCUT2D eigenvalue weighted by atomic mass is 16.5. The molecule has 1 aliphatic carbocycles. The third-order valence-electron chi connectivity index (χ3n) is 3.61. The van der Waals surface area contributed by atoms with Gasteiger partial charge in [0.1, 0.15) is 5.75 Å². The Labute approximate surface area is 125 Å². The van der Waals surface area contributed by atoms with E-state index in [1.165, 1.54) is 12.8 Å². The zero-order chi connectivity index (χ0) is 14.9. The number of nitrogens with one attached hydrogen (secondary N) is 1. The smallest absolute Gasteiger partial charge is 0.258 e. The third-order valence-corrected chi connectivity index (χ3v) is 3.61. The summed E-state index contributed by atoms with van der Waals surface area (Å²) in [5, 5.41) is 2.79. The first-order valence-electron chi connectivity index (χ1n) is 7.58. The average molecular weight is 292 g/mol. The van der Waals surface area contributed by atoms with Crippen LogP contribution in [0.25, 0.3) is 0 Å². The first kappa shape index (κ1) is 15.8. The van der Waals surface area contributed by atoms with E-state index in [4.69, 9.17) is 15.2 Å². The molecule has 1 aromatic carbocycles. The zero-order valence-electron chi connectivity index (χ0n) is 12.3. The van der Waals surface area contributed by atoms with E-state index in [1.54, 1.807) is 0 Å². The highest BCUT2D eigenvalue weighted by molar-refractivity contribution is 5.77. The lowest BCUT2D eigenvalue weighted by atomic mass is 10.2. The second-order valence-corrected chi connectivity index (χ2v) is 5.26. The quantitative estimate of drug-likeness (QED) is 0.714. The molecule has 5 nitrogen and oxygen atoms in total. The van der Waals surface area contributed by atoms with Crippen LogP contribution in [-0.4, -0.2) is 31.8 Å². The molecule has 0 aromatic heterocycles. The van der Waals surface area contributed by atoms with Crippen molar-refractivity contribution < 1.29 is 14.3 Å². The van der Waals surface area contributed by atoms with Gasteiger partial charge < -0.3 is 20.5 Å². The molecule has 1 aromatic rings. The monoisotopic (exact) mass is 292 g/mol. The van der Waals surface area contributed by atoms with Crippen LogP contribution in [0, 0.1) is 0 Å². The van der Waals surface area contributed by atoms with E-state index in [-0.39, 0.29) is 12.5 Å². The van der Waals surface area contributed by atoms with Crippen molar-refractivity contribution in [1.82, 2.24) is 5.32 Å². The van der Waals surface area contributed by atoms with E-state index in [2.05, 4.69) is 5.32 Å². The molecular weight excluding hydrogens is 268 g/mol. The minimum Gasteiger partial charge on any atom is -0.484 e. The van der Waals surface area contributed by atoms with Crippen LogP contribution in [-0.2, 0) is 16.1 Å². The van der Waals surface area contributed by atoms with E-state index in [1.807, 2.05) is 24.3 Å². The van der Waals surface area contributed by atoms with E-state index < -0.39 is 0 Å². The third kappa shape index (κ3) is 5.73. The van der Waals surface area contributed by atoms with E-state index in [9.17, 15) is 4.79 Å². The van der Waals surface area contributed by atoms with Crippen LogP contribution < -0.4 is 15.8 Å². The maximum atomic E-state index is 11.6. The molecule has 3 N–H and O–H groups in total. The van der Waals surface area contributed by atoms with Crippen molar-refractivity contribution in [2.24, 2.45) is 5.73 Å². The summed E-state index contributed by atoms with van der Waals surface area (Å²) >= 11 is 0. The molecule has 0 unspecified atom stereocenters. The number of hydrogen-bond donors (Lipinski definition) is 2. The Hall–Kier alpha value is -1.59. The number of amides is 1. The van der Waals surface area contributed by atoms with Crippen molar-refractivity contribution in [3.05, 3.63) is 29.8 Å². The fourth-order valence-electron chi connectivity index (χ4n) is 2.39. The molecule has 1 saturated carbocycles. The maximum Gasteiger partial charge on any atom is 0.258 e. The number of rotatable bonds is 8. The molecule has 21 heavy (non-hydrogen) atoms. The lowest BCUT2D eigenvalue weighted by Gasteiger charge is -2.12. The Morgan fingerprint density at radius 3 is 2.62 bits per heavy atom. The van der Waals surface area contributed by atoms with Crippen molar-refractivity contribution in [2.45, 2.75) is 38.3 Å². The first-order chi connectivity index (χ1) is 10.3. The minimum absolute atomic E-state index is 0.0192. The SMILES string of the molecule is NCc1ccc(OCC(=O)NCCOC2CCCC2)cc1. The van der Waals surface area contributed by atoms with Gasteiger partial charge in [-0.2, -0.15) is 0 Å². The van der Waals surface area contributed by atoms with E-state index in [0.29, 0.717) is 31.5 Å². The lowest BCUT2D eigenvalue weighted by molar-refractivity contribution is -0.123. The first-order valence-corrected chi connectivity index (χ1v) is 7.58. The van der Waals surface area contributed by atoms with Gasteiger partial charge in [0, 0.05) is 13.1 Å². The molecule has 0 aliphatic heterocycles. The Morgan fingerprint density at radius 2 is 1.95 bits per heavy atom. The summed E-state index contributed by atoms with van der Waals surface area (Å²) in [5.41, 5.74) is 6.56. The number of nitrogens with two attached hydrogens (primary N) is 1. The van der Waals surface area contributed by atoms with Gasteiger partial charge in [-0.25, -0.2) is 0 Å². The average Bonchev–Trinajstić information content (AvgIpc) is 3.03. The topological polar surface area (TPSA) is 73.6 Å². The van der Waals surface area contributed by atoms with Crippen LogP contribution in [0.1, 0.15) is 31.2 Å². The maximum absolute atomic E-state index is 11.6. The number of hydrogen-bond acceptors (Lipinski definition) is 4. The molecule has 0 atom stereocenters. The molecule has 1 fully saturated rings. The van der Waals surface area contributed by atoms with Crippen molar-refractivity contribution in [2.75, 3.05) is 19.8 Å². The largest absolute Gasteiger partial charge is 0.484 e. The molecule has 0 heterocycles. The number of carbonyl (C=O) groups excluding carboxylic acids is 1. The molecular formula is C16H24N2O3. The highest BCUT2D eigenvalue weighted by Crippen LogP contribution is 2.20. The summed E-state index contributed by atoms with van der Waals surface area (Å²) in [6.07, 6.45) is 5.20. The minimum atomic E-state index is -0.132. The fourth-order valence-corrected chi connectivity index (χ4v) is 2.39. The van der Waals surface area contributed by atoms with Crippen LogP contribution in [0.2, 0.25) is 0 Å². The highest BCUT2D eigenvalue weighted by Gasteiger charge is 2.14. The Morgan fingerprint density at radius 1 is 1.24 bits per heavy atom. The van der Waals surface area contributed by atoms with Gasteiger partial charge >= 0.3 is 0 Å². The molecule has 2 rings (SSSR count). The van der Waals surface area contributed by atoms with Crippen molar-refractivity contribution in [1.29, 1.82) is 0 Å². The zero-order valence-corrected chi connectivity index (χ0v) is 12.3. The van der Waals surface area contributed by atoms with Crippen molar-refractivity contribution >= 4 is 5.91 Å². The summed E-state index contributed by atoms with van der Waals surface area (Å²) < 4.78 is 11.1.